The molecule has 0 aliphatic heterocycles. The summed E-state index contributed by atoms with van der Waals surface area (Å²) in [6.07, 6.45) is 0. The Labute approximate surface area is 103 Å². The van der Waals surface area contributed by atoms with E-state index in [0.717, 1.165) is 5.56 Å². The monoisotopic (exact) mass is 245 g/mol. The van der Waals surface area contributed by atoms with E-state index in [4.69, 9.17) is 10.8 Å². The number of rotatable bonds is 2. The van der Waals surface area contributed by atoms with Gasteiger partial charge in [-0.05, 0) is 19.1 Å². The van der Waals surface area contributed by atoms with Crippen molar-refractivity contribution in [2.24, 2.45) is 0 Å². The first kappa shape index (κ1) is 11.8. The summed E-state index contributed by atoms with van der Waals surface area (Å²) >= 11 is 0. The quantitative estimate of drug-likeness (QED) is 0.718. The van der Waals surface area contributed by atoms with Gasteiger partial charge in [-0.1, -0.05) is 17.7 Å². The average Bonchev–Trinajstić information content (AvgIpc) is 2.27. The fraction of sp³-hybridized carbons (Fsp3) is 0.0909. The number of nitrogen functional groups attached to an aromatic ring is 1. The topological polar surface area (TPSA) is 114 Å². The Kier molecular flexibility index (Phi) is 3.05. The smallest absolute Gasteiger partial charge is 0.320 e. The van der Waals surface area contributed by atoms with Gasteiger partial charge in [-0.2, -0.15) is 15.0 Å². The standard InChI is InChI=1S/C11H11N5O2/c1-6-3-2-4-7(5-6)8(17)13-10-14-9(12)15-11(18)16-10/h2-5H,1H3,(H4,12,13,14,15,16,17,18). The zero-order valence-electron chi connectivity index (χ0n) is 9.58. The van der Waals surface area contributed by atoms with E-state index in [1.54, 1.807) is 18.2 Å². The Hall–Kier alpha value is -2.70. The highest BCUT2D eigenvalue weighted by molar-refractivity contribution is 6.03. The molecule has 2 rings (SSSR count). The number of carbonyl (C=O) groups excluding carboxylic acids is 1. The Bertz CT molecular complexity index is 579. The third-order valence-electron chi connectivity index (χ3n) is 2.15. The molecule has 1 amide bonds. The van der Waals surface area contributed by atoms with Crippen molar-refractivity contribution in [3.05, 3.63) is 35.4 Å². The van der Waals surface area contributed by atoms with Gasteiger partial charge in [0.05, 0.1) is 0 Å². The number of amides is 1. The van der Waals surface area contributed by atoms with Crippen molar-refractivity contribution in [1.29, 1.82) is 0 Å². The molecule has 0 spiro atoms. The van der Waals surface area contributed by atoms with E-state index in [0.29, 0.717) is 5.56 Å². The molecule has 4 N–H and O–H groups in total. The third-order valence-corrected chi connectivity index (χ3v) is 2.15. The number of aromatic hydroxyl groups is 1. The van der Waals surface area contributed by atoms with E-state index in [9.17, 15) is 4.79 Å². The molecule has 0 bridgehead atoms. The first-order valence-corrected chi connectivity index (χ1v) is 5.13. The summed E-state index contributed by atoms with van der Waals surface area (Å²) in [7, 11) is 0. The molecular formula is C11H11N5O2. The van der Waals surface area contributed by atoms with Gasteiger partial charge in [0.15, 0.2) is 0 Å². The predicted octanol–water partition coefficient (Wildman–Crippen LogP) is 0.720. The van der Waals surface area contributed by atoms with E-state index < -0.39 is 6.01 Å². The summed E-state index contributed by atoms with van der Waals surface area (Å²) < 4.78 is 0. The average molecular weight is 245 g/mol. The Morgan fingerprint density at radius 3 is 2.78 bits per heavy atom. The molecule has 92 valence electrons. The van der Waals surface area contributed by atoms with Crippen LogP contribution >= 0.6 is 0 Å². The minimum Gasteiger partial charge on any atom is -0.479 e. The van der Waals surface area contributed by atoms with Gasteiger partial charge in [0.1, 0.15) is 0 Å². The van der Waals surface area contributed by atoms with Crippen molar-refractivity contribution in [3.8, 4) is 6.01 Å². The van der Waals surface area contributed by atoms with Gasteiger partial charge in [-0.15, -0.1) is 0 Å². The van der Waals surface area contributed by atoms with E-state index in [2.05, 4.69) is 20.3 Å². The first-order valence-electron chi connectivity index (χ1n) is 5.13. The van der Waals surface area contributed by atoms with Gasteiger partial charge in [0.25, 0.3) is 5.91 Å². The second-order valence-electron chi connectivity index (χ2n) is 3.64. The molecule has 0 saturated heterocycles. The molecular weight excluding hydrogens is 234 g/mol. The fourth-order valence-corrected chi connectivity index (χ4v) is 1.40. The normalized spacial score (nSPS) is 10.1. The largest absolute Gasteiger partial charge is 0.479 e. The Balaban J connectivity index is 2.21. The van der Waals surface area contributed by atoms with E-state index in [-0.39, 0.29) is 17.8 Å². The number of aromatic nitrogens is 3. The molecule has 0 aliphatic carbocycles. The van der Waals surface area contributed by atoms with Gasteiger partial charge >= 0.3 is 6.01 Å². The molecule has 7 nitrogen and oxygen atoms in total. The molecule has 0 saturated carbocycles. The molecule has 18 heavy (non-hydrogen) atoms. The molecule has 1 heterocycles. The van der Waals surface area contributed by atoms with Crippen molar-refractivity contribution in [2.75, 3.05) is 11.1 Å². The lowest BCUT2D eigenvalue weighted by Gasteiger charge is -2.04. The molecule has 1 aromatic heterocycles. The summed E-state index contributed by atoms with van der Waals surface area (Å²) in [6, 6.07) is 6.49. The van der Waals surface area contributed by atoms with Crippen molar-refractivity contribution in [2.45, 2.75) is 6.92 Å². The lowest BCUT2D eigenvalue weighted by atomic mass is 10.1. The van der Waals surface area contributed by atoms with Crippen LogP contribution in [0, 0.1) is 6.92 Å². The minimum absolute atomic E-state index is 0.0912. The molecule has 0 aliphatic rings. The predicted molar refractivity (Wildman–Crippen MR) is 65.0 cm³/mol. The highest BCUT2D eigenvalue weighted by atomic mass is 16.3. The number of hydrogen-bond donors (Lipinski definition) is 3. The van der Waals surface area contributed by atoms with Gasteiger partial charge in [0.2, 0.25) is 11.9 Å². The van der Waals surface area contributed by atoms with Crippen molar-refractivity contribution >= 4 is 17.8 Å². The number of anilines is 2. The molecule has 0 radical (unpaired) electrons. The zero-order chi connectivity index (χ0) is 13.1. The molecule has 2 aromatic rings. The van der Waals surface area contributed by atoms with E-state index in [1.807, 2.05) is 13.0 Å². The second-order valence-corrected chi connectivity index (χ2v) is 3.64. The number of hydrogen-bond acceptors (Lipinski definition) is 6. The molecule has 7 heteroatoms. The van der Waals surface area contributed by atoms with Crippen LogP contribution in [0.4, 0.5) is 11.9 Å². The van der Waals surface area contributed by atoms with Gasteiger partial charge in [-0.25, -0.2) is 0 Å². The molecule has 0 atom stereocenters. The summed E-state index contributed by atoms with van der Waals surface area (Å²) in [6.45, 7) is 1.88. The maximum atomic E-state index is 11.9. The van der Waals surface area contributed by atoms with Crippen LogP contribution in [-0.2, 0) is 0 Å². The van der Waals surface area contributed by atoms with Crippen molar-refractivity contribution in [3.63, 3.8) is 0 Å². The van der Waals surface area contributed by atoms with Gasteiger partial charge < -0.3 is 10.8 Å². The Morgan fingerprint density at radius 2 is 2.11 bits per heavy atom. The lowest BCUT2D eigenvalue weighted by Crippen LogP contribution is -2.15. The number of aryl methyl sites for hydroxylation is 1. The highest BCUT2D eigenvalue weighted by Crippen LogP contribution is 2.10. The van der Waals surface area contributed by atoms with Crippen LogP contribution < -0.4 is 11.1 Å². The Morgan fingerprint density at radius 1 is 1.33 bits per heavy atom. The fourth-order valence-electron chi connectivity index (χ4n) is 1.40. The minimum atomic E-state index is -0.540. The summed E-state index contributed by atoms with van der Waals surface area (Å²) in [5, 5.41) is 11.6. The van der Waals surface area contributed by atoms with Crippen LogP contribution in [0.2, 0.25) is 0 Å². The number of benzene rings is 1. The maximum Gasteiger partial charge on any atom is 0.320 e. The van der Waals surface area contributed by atoms with Gasteiger partial charge in [-0.3, -0.25) is 10.1 Å². The van der Waals surface area contributed by atoms with Crippen LogP contribution in [0.3, 0.4) is 0 Å². The van der Waals surface area contributed by atoms with Crippen molar-refractivity contribution in [1.82, 2.24) is 15.0 Å². The first-order chi connectivity index (χ1) is 8.54. The van der Waals surface area contributed by atoms with Gasteiger partial charge in [0, 0.05) is 5.56 Å². The summed E-state index contributed by atoms with van der Waals surface area (Å²) in [5.74, 6) is -0.641. The molecule has 0 fully saturated rings. The number of nitrogens with two attached hydrogens (primary N) is 1. The summed E-state index contributed by atoms with van der Waals surface area (Å²) in [5.41, 5.74) is 6.75. The molecule has 0 unspecified atom stereocenters. The van der Waals surface area contributed by atoms with Crippen LogP contribution in [-0.4, -0.2) is 26.0 Å². The third kappa shape index (κ3) is 2.70. The molecule has 1 aromatic carbocycles. The summed E-state index contributed by atoms with van der Waals surface area (Å²) in [4.78, 5) is 22.5. The maximum absolute atomic E-state index is 11.9. The lowest BCUT2D eigenvalue weighted by molar-refractivity contribution is 0.102. The van der Waals surface area contributed by atoms with Crippen LogP contribution in [0.15, 0.2) is 24.3 Å². The zero-order valence-corrected chi connectivity index (χ0v) is 9.58. The van der Waals surface area contributed by atoms with Crippen molar-refractivity contribution < 1.29 is 9.90 Å². The number of nitrogens with zero attached hydrogens (tertiary/aromatic N) is 3. The SMILES string of the molecule is Cc1cccc(C(=O)Nc2nc(N)nc(O)n2)c1. The highest BCUT2D eigenvalue weighted by Gasteiger charge is 2.09. The number of nitrogens with one attached hydrogen (secondary N) is 1. The second kappa shape index (κ2) is 4.66. The van der Waals surface area contributed by atoms with E-state index in [1.165, 1.54) is 0 Å². The van der Waals surface area contributed by atoms with E-state index >= 15 is 0 Å². The van der Waals surface area contributed by atoms with Crippen LogP contribution in [0.25, 0.3) is 0 Å². The van der Waals surface area contributed by atoms with Crippen LogP contribution in [0.5, 0.6) is 6.01 Å². The van der Waals surface area contributed by atoms with Crippen LogP contribution in [0.1, 0.15) is 15.9 Å². The number of carbonyl (C=O) groups is 1.